The Morgan fingerprint density at radius 3 is 2.15 bits per heavy atom. The molecular formula is C17H16N2O. The highest BCUT2D eigenvalue weighted by atomic mass is 16.3. The van der Waals surface area contributed by atoms with E-state index in [0.29, 0.717) is 5.69 Å². The van der Waals surface area contributed by atoms with Gasteiger partial charge in [-0.15, -0.1) is 0 Å². The third-order valence-electron chi connectivity index (χ3n) is 3.42. The number of aliphatic hydroxyl groups is 1. The van der Waals surface area contributed by atoms with Crippen molar-refractivity contribution in [3.8, 4) is 16.9 Å². The molecule has 1 N–H and O–H groups in total. The van der Waals surface area contributed by atoms with Crippen LogP contribution in [0.25, 0.3) is 16.9 Å². The van der Waals surface area contributed by atoms with Crippen molar-refractivity contribution in [2.24, 2.45) is 0 Å². The van der Waals surface area contributed by atoms with Gasteiger partial charge in [-0.3, -0.25) is 0 Å². The highest BCUT2D eigenvalue weighted by Crippen LogP contribution is 2.28. The van der Waals surface area contributed by atoms with Gasteiger partial charge in [-0.1, -0.05) is 48.5 Å². The molecule has 0 bridgehead atoms. The molecule has 20 heavy (non-hydrogen) atoms. The van der Waals surface area contributed by atoms with E-state index in [9.17, 15) is 5.11 Å². The number of rotatable bonds is 3. The molecular weight excluding hydrogens is 248 g/mol. The largest absolute Gasteiger partial charge is 0.390 e. The van der Waals surface area contributed by atoms with Crippen LogP contribution in [0.5, 0.6) is 0 Å². The third kappa shape index (κ3) is 2.12. The molecule has 0 radical (unpaired) electrons. The zero-order valence-corrected chi connectivity index (χ0v) is 11.3. The molecule has 3 rings (SSSR count). The Hall–Kier alpha value is -2.39. The van der Waals surface area contributed by atoms with Crippen molar-refractivity contribution in [2.75, 3.05) is 0 Å². The second-order valence-electron chi connectivity index (χ2n) is 4.69. The number of nitrogens with zero attached hydrogens (tertiary/aromatic N) is 2. The van der Waals surface area contributed by atoms with Crippen molar-refractivity contribution >= 4 is 0 Å². The molecule has 1 aromatic heterocycles. The van der Waals surface area contributed by atoms with E-state index >= 15 is 0 Å². The van der Waals surface area contributed by atoms with E-state index in [4.69, 9.17) is 0 Å². The zero-order chi connectivity index (χ0) is 13.9. The van der Waals surface area contributed by atoms with Gasteiger partial charge in [0.15, 0.2) is 0 Å². The lowest BCUT2D eigenvalue weighted by atomic mass is 10.1. The van der Waals surface area contributed by atoms with E-state index in [2.05, 4.69) is 17.2 Å². The fourth-order valence-electron chi connectivity index (χ4n) is 2.38. The van der Waals surface area contributed by atoms with Crippen LogP contribution in [0.3, 0.4) is 0 Å². The first-order chi connectivity index (χ1) is 9.81. The molecule has 0 amide bonds. The zero-order valence-electron chi connectivity index (χ0n) is 11.3. The lowest BCUT2D eigenvalue weighted by Gasteiger charge is -2.08. The van der Waals surface area contributed by atoms with Gasteiger partial charge < -0.3 is 5.11 Å². The van der Waals surface area contributed by atoms with Crippen LogP contribution in [0, 0.1) is 6.92 Å². The Bertz CT molecular complexity index is 703. The quantitative estimate of drug-likeness (QED) is 0.788. The lowest BCUT2D eigenvalue weighted by Crippen LogP contribution is -1.99. The predicted octanol–water partition coefficient (Wildman–Crippen LogP) is 3.34. The van der Waals surface area contributed by atoms with Crippen LogP contribution in [-0.4, -0.2) is 14.9 Å². The standard InChI is InChI=1S/C17H16N2O/c1-13-16(12-20)18-19(15-10-6-3-7-11-15)17(13)14-8-4-2-5-9-14/h2-11,20H,12H2,1H3. The summed E-state index contributed by atoms with van der Waals surface area (Å²) >= 11 is 0. The molecule has 3 nitrogen and oxygen atoms in total. The number of benzene rings is 2. The van der Waals surface area contributed by atoms with Gasteiger partial charge in [-0.2, -0.15) is 5.10 Å². The highest BCUT2D eigenvalue weighted by molar-refractivity contribution is 5.66. The van der Waals surface area contributed by atoms with Crippen molar-refractivity contribution in [3.05, 3.63) is 71.9 Å². The fourth-order valence-corrected chi connectivity index (χ4v) is 2.38. The van der Waals surface area contributed by atoms with Gasteiger partial charge in [0.1, 0.15) is 0 Å². The minimum Gasteiger partial charge on any atom is -0.390 e. The molecule has 2 aromatic carbocycles. The highest BCUT2D eigenvalue weighted by Gasteiger charge is 2.16. The van der Waals surface area contributed by atoms with Gasteiger partial charge >= 0.3 is 0 Å². The average molecular weight is 264 g/mol. The number of para-hydroxylation sites is 1. The van der Waals surface area contributed by atoms with Gasteiger partial charge in [0, 0.05) is 11.1 Å². The molecule has 100 valence electrons. The van der Waals surface area contributed by atoms with E-state index in [1.54, 1.807) is 0 Å². The molecule has 0 atom stereocenters. The first-order valence-electron chi connectivity index (χ1n) is 6.61. The van der Waals surface area contributed by atoms with Gasteiger partial charge in [-0.25, -0.2) is 4.68 Å². The Kier molecular flexibility index (Phi) is 3.35. The fraction of sp³-hybridized carbons (Fsp3) is 0.118. The van der Waals surface area contributed by atoms with Crippen LogP contribution in [0.2, 0.25) is 0 Å². The smallest absolute Gasteiger partial charge is 0.0919 e. The summed E-state index contributed by atoms with van der Waals surface area (Å²) in [6.07, 6.45) is 0. The maximum atomic E-state index is 9.47. The monoisotopic (exact) mass is 264 g/mol. The van der Waals surface area contributed by atoms with Crippen molar-refractivity contribution in [2.45, 2.75) is 13.5 Å². The summed E-state index contributed by atoms with van der Waals surface area (Å²) in [6.45, 7) is 1.95. The molecule has 0 saturated carbocycles. The van der Waals surface area contributed by atoms with E-state index < -0.39 is 0 Å². The van der Waals surface area contributed by atoms with Gasteiger partial charge in [0.2, 0.25) is 0 Å². The number of hydrogen-bond donors (Lipinski definition) is 1. The first kappa shape index (κ1) is 12.6. The molecule has 0 fully saturated rings. The third-order valence-corrected chi connectivity index (χ3v) is 3.42. The number of aliphatic hydroxyl groups excluding tert-OH is 1. The summed E-state index contributed by atoms with van der Waals surface area (Å²) in [7, 11) is 0. The van der Waals surface area contributed by atoms with E-state index in [1.165, 1.54) is 0 Å². The second kappa shape index (κ2) is 5.31. The minimum absolute atomic E-state index is 0.0501. The van der Waals surface area contributed by atoms with Crippen LogP contribution in [0.4, 0.5) is 0 Å². The predicted molar refractivity (Wildman–Crippen MR) is 79.7 cm³/mol. The molecule has 0 unspecified atom stereocenters. The summed E-state index contributed by atoms with van der Waals surface area (Å²) in [5.74, 6) is 0. The van der Waals surface area contributed by atoms with Crippen LogP contribution in [-0.2, 0) is 6.61 Å². The number of hydrogen-bond acceptors (Lipinski definition) is 2. The topological polar surface area (TPSA) is 38.1 Å². The summed E-state index contributed by atoms with van der Waals surface area (Å²) in [5.41, 5.74) is 4.85. The van der Waals surface area contributed by atoms with Gasteiger partial charge in [0.25, 0.3) is 0 Å². The molecule has 0 saturated heterocycles. The molecule has 1 heterocycles. The van der Waals surface area contributed by atoms with E-state index in [1.807, 2.05) is 60.1 Å². The molecule has 0 aliphatic heterocycles. The average Bonchev–Trinajstić information content (AvgIpc) is 2.86. The van der Waals surface area contributed by atoms with Crippen molar-refractivity contribution in [1.29, 1.82) is 0 Å². The molecule has 0 aliphatic carbocycles. The Morgan fingerprint density at radius 2 is 1.55 bits per heavy atom. The summed E-state index contributed by atoms with van der Waals surface area (Å²) in [4.78, 5) is 0. The summed E-state index contributed by atoms with van der Waals surface area (Å²) in [6, 6.07) is 20.1. The molecule has 3 aromatic rings. The van der Waals surface area contributed by atoms with Crippen LogP contribution in [0.1, 0.15) is 11.3 Å². The first-order valence-corrected chi connectivity index (χ1v) is 6.61. The Morgan fingerprint density at radius 1 is 0.950 bits per heavy atom. The molecule has 3 heteroatoms. The molecule has 0 aliphatic rings. The van der Waals surface area contributed by atoms with Crippen molar-refractivity contribution in [1.82, 2.24) is 9.78 Å². The maximum absolute atomic E-state index is 9.47. The SMILES string of the molecule is Cc1c(CO)nn(-c2ccccc2)c1-c1ccccc1. The maximum Gasteiger partial charge on any atom is 0.0919 e. The Balaban J connectivity index is 2.25. The van der Waals surface area contributed by atoms with Gasteiger partial charge in [-0.05, 0) is 19.1 Å². The van der Waals surface area contributed by atoms with Crippen LogP contribution >= 0.6 is 0 Å². The summed E-state index contributed by atoms with van der Waals surface area (Å²) in [5, 5.41) is 14.0. The van der Waals surface area contributed by atoms with E-state index in [0.717, 1.165) is 22.5 Å². The van der Waals surface area contributed by atoms with E-state index in [-0.39, 0.29) is 6.61 Å². The second-order valence-corrected chi connectivity index (χ2v) is 4.69. The van der Waals surface area contributed by atoms with Crippen molar-refractivity contribution in [3.63, 3.8) is 0 Å². The molecule has 0 spiro atoms. The normalized spacial score (nSPS) is 10.7. The lowest BCUT2D eigenvalue weighted by molar-refractivity contribution is 0.275. The van der Waals surface area contributed by atoms with Crippen LogP contribution < -0.4 is 0 Å². The van der Waals surface area contributed by atoms with Crippen LogP contribution in [0.15, 0.2) is 60.7 Å². The minimum atomic E-state index is -0.0501. The number of aromatic nitrogens is 2. The summed E-state index contributed by atoms with van der Waals surface area (Å²) < 4.78 is 1.90. The van der Waals surface area contributed by atoms with Crippen molar-refractivity contribution < 1.29 is 5.11 Å². The Labute approximate surface area is 118 Å². The van der Waals surface area contributed by atoms with Gasteiger partial charge in [0.05, 0.1) is 23.7 Å².